The normalized spacial score (nSPS) is 24.1. The van der Waals surface area contributed by atoms with Gasteiger partial charge in [-0.1, -0.05) is 6.92 Å². The summed E-state index contributed by atoms with van der Waals surface area (Å²) < 4.78 is 40.0. The van der Waals surface area contributed by atoms with E-state index in [1.807, 2.05) is 14.0 Å². The molecule has 1 aromatic carbocycles. The lowest BCUT2D eigenvalue weighted by Gasteiger charge is -2.39. The lowest BCUT2D eigenvalue weighted by Crippen LogP contribution is -2.40. The lowest BCUT2D eigenvalue weighted by atomic mass is 9.84. The number of hydrogen-bond donors (Lipinski definition) is 1. The summed E-state index contributed by atoms with van der Waals surface area (Å²) in [6.45, 7) is 4.57. The van der Waals surface area contributed by atoms with Crippen LogP contribution in [-0.2, 0) is 0 Å². The van der Waals surface area contributed by atoms with Crippen LogP contribution in [0, 0.1) is 23.4 Å². The van der Waals surface area contributed by atoms with Gasteiger partial charge >= 0.3 is 0 Å². The maximum absolute atomic E-state index is 13.5. The molecule has 0 aromatic heterocycles. The van der Waals surface area contributed by atoms with Gasteiger partial charge in [0, 0.05) is 6.04 Å². The van der Waals surface area contributed by atoms with Crippen molar-refractivity contribution < 1.29 is 13.2 Å². The monoisotopic (exact) mass is 286 g/mol. The summed E-state index contributed by atoms with van der Waals surface area (Å²) in [5.41, 5.74) is 0.520. The van der Waals surface area contributed by atoms with Gasteiger partial charge in [0.05, 0.1) is 0 Å². The highest BCUT2D eigenvalue weighted by Crippen LogP contribution is 2.35. The summed E-state index contributed by atoms with van der Waals surface area (Å²) in [4.78, 5) is 2.09. The van der Waals surface area contributed by atoms with Gasteiger partial charge in [-0.15, -0.1) is 0 Å². The molecule has 1 N–H and O–H groups in total. The minimum atomic E-state index is -1.39. The second-order valence-corrected chi connectivity index (χ2v) is 5.43. The van der Waals surface area contributed by atoms with Crippen LogP contribution in [0.2, 0.25) is 0 Å². The number of nitrogens with one attached hydrogen (secondary N) is 1. The van der Waals surface area contributed by atoms with Crippen molar-refractivity contribution in [1.82, 2.24) is 10.2 Å². The molecule has 0 radical (unpaired) electrons. The van der Waals surface area contributed by atoms with E-state index in [0.717, 1.165) is 44.6 Å². The SMILES string of the molecule is CCNCC1CCCN(C)C1c1cc(F)c(F)c(F)c1. The molecule has 5 heteroatoms. The van der Waals surface area contributed by atoms with Gasteiger partial charge in [-0.05, 0) is 63.1 Å². The zero-order chi connectivity index (χ0) is 14.7. The minimum Gasteiger partial charge on any atom is -0.317 e. The molecule has 2 atom stereocenters. The topological polar surface area (TPSA) is 15.3 Å². The maximum atomic E-state index is 13.5. The smallest absolute Gasteiger partial charge is 0.194 e. The molecular weight excluding hydrogens is 265 g/mol. The predicted molar refractivity (Wildman–Crippen MR) is 73.0 cm³/mol. The number of benzene rings is 1. The van der Waals surface area contributed by atoms with Crippen LogP contribution >= 0.6 is 0 Å². The molecular formula is C15H21F3N2. The first-order valence-electron chi connectivity index (χ1n) is 7.10. The molecule has 0 bridgehead atoms. The summed E-state index contributed by atoms with van der Waals surface area (Å²) in [6, 6.07) is 2.18. The molecule has 1 aliphatic rings. The van der Waals surface area contributed by atoms with Gasteiger partial charge in [-0.3, -0.25) is 4.90 Å². The molecule has 2 rings (SSSR count). The average Bonchev–Trinajstić information content (AvgIpc) is 2.42. The Morgan fingerprint density at radius 1 is 1.25 bits per heavy atom. The van der Waals surface area contributed by atoms with Crippen LogP contribution in [-0.4, -0.2) is 31.6 Å². The van der Waals surface area contributed by atoms with E-state index in [9.17, 15) is 13.2 Å². The van der Waals surface area contributed by atoms with Gasteiger partial charge in [0.2, 0.25) is 0 Å². The van der Waals surface area contributed by atoms with Gasteiger partial charge in [-0.2, -0.15) is 0 Å². The third kappa shape index (κ3) is 3.15. The number of halogens is 3. The molecule has 1 saturated heterocycles. The molecule has 20 heavy (non-hydrogen) atoms. The number of rotatable bonds is 4. The quantitative estimate of drug-likeness (QED) is 0.856. The molecule has 112 valence electrons. The van der Waals surface area contributed by atoms with Crippen molar-refractivity contribution in [2.24, 2.45) is 5.92 Å². The Bertz CT molecular complexity index is 441. The Hall–Kier alpha value is -1.07. The fourth-order valence-electron chi connectivity index (χ4n) is 3.08. The summed E-state index contributed by atoms with van der Waals surface area (Å²) in [7, 11) is 1.95. The highest BCUT2D eigenvalue weighted by molar-refractivity contribution is 5.24. The van der Waals surface area contributed by atoms with E-state index in [1.54, 1.807) is 0 Å². The largest absolute Gasteiger partial charge is 0.317 e. The van der Waals surface area contributed by atoms with Crippen molar-refractivity contribution in [1.29, 1.82) is 0 Å². The van der Waals surface area contributed by atoms with Crippen LogP contribution in [0.15, 0.2) is 12.1 Å². The van der Waals surface area contributed by atoms with Crippen molar-refractivity contribution in [3.05, 3.63) is 35.1 Å². The number of likely N-dealkylation sites (tertiary alicyclic amines) is 1. The highest BCUT2D eigenvalue weighted by atomic mass is 19.2. The standard InChI is InChI=1S/C15H21F3N2/c1-3-19-9-10-5-4-6-20(2)15(10)11-7-12(16)14(18)13(17)8-11/h7-8,10,15,19H,3-6,9H2,1-2H3. The van der Waals surface area contributed by atoms with Crippen LogP contribution in [0.25, 0.3) is 0 Å². The number of hydrogen-bond acceptors (Lipinski definition) is 2. The fraction of sp³-hybridized carbons (Fsp3) is 0.600. The van der Waals surface area contributed by atoms with Crippen LogP contribution in [0.4, 0.5) is 13.2 Å². The first kappa shape index (κ1) is 15.3. The third-order valence-corrected chi connectivity index (χ3v) is 4.01. The summed E-state index contributed by atoms with van der Waals surface area (Å²) in [6.07, 6.45) is 2.07. The summed E-state index contributed by atoms with van der Waals surface area (Å²) in [5.74, 6) is -3.34. The summed E-state index contributed by atoms with van der Waals surface area (Å²) >= 11 is 0. The van der Waals surface area contributed by atoms with E-state index in [-0.39, 0.29) is 12.0 Å². The van der Waals surface area contributed by atoms with Crippen molar-refractivity contribution in [3.63, 3.8) is 0 Å². The third-order valence-electron chi connectivity index (χ3n) is 4.01. The van der Waals surface area contributed by atoms with Crippen LogP contribution in [0.5, 0.6) is 0 Å². The second-order valence-electron chi connectivity index (χ2n) is 5.43. The van der Waals surface area contributed by atoms with Gasteiger partial charge in [0.15, 0.2) is 17.5 Å². The number of piperidine rings is 1. The van der Waals surface area contributed by atoms with E-state index >= 15 is 0 Å². The Morgan fingerprint density at radius 3 is 2.50 bits per heavy atom. The van der Waals surface area contributed by atoms with E-state index < -0.39 is 17.5 Å². The molecule has 0 spiro atoms. The van der Waals surface area contributed by atoms with E-state index in [2.05, 4.69) is 10.2 Å². The first-order chi connectivity index (χ1) is 9.54. The molecule has 0 amide bonds. The molecule has 2 unspecified atom stereocenters. The predicted octanol–water partition coefficient (Wildman–Crippen LogP) is 3.10. The fourth-order valence-corrected chi connectivity index (χ4v) is 3.08. The van der Waals surface area contributed by atoms with E-state index in [0.29, 0.717) is 5.56 Å². The Morgan fingerprint density at radius 2 is 1.90 bits per heavy atom. The van der Waals surface area contributed by atoms with Crippen molar-refractivity contribution in [2.75, 3.05) is 26.7 Å². The zero-order valence-electron chi connectivity index (χ0n) is 11.9. The molecule has 1 fully saturated rings. The Labute approximate surface area is 118 Å². The van der Waals surface area contributed by atoms with Gasteiger partial charge < -0.3 is 5.32 Å². The second kappa shape index (κ2) is 6.59. The van der Waals surface area contributed by atoms with Crippen molar-refractivity contribution in [2.45, 2.75) is 25.8 Å². The molecule has 1 heterocycles. The average molecular weight is 286 g/mol. The van der Waals surface area contributed by atoms with E-state index in [1.165, 1.54) is 0 Å². The van der Waals surface area contributed by atoms with Crippen LogP contribution in [0.1, 0.15) is 31.4 Å². The van der Waals surface area contributed by atoms with Gasteiger partial charge in [-0.25, -0.2) is 13.2 Å². The summed E-state index contributed by atoms with van der Waals surface area (Å²) in [5, 5.41) is 3.29. The first-order valence-corrected chi connectivity index (χ1v) is 7.10. The van der Waals surface area contributed by atoms with Crippen molar-refractivity contribution >= 4 is 0 Å². The van der Waals surface area contributed by atoms with Crippen LogP contribution in [0.3, 0.4) is 0 Å². The molecule has 1 aliphatic heterocycles. The van der Waals surface area contributed by atoms with Gasteiger partial charge in [0.25, 0.3) is 0 Å². The Kier molecular flexibility index (Phi) is 5.05. The minimum absolute atomic E-state index is 0.0765. The molecule has 0 saturated carbocycles. The molecule has 0 aliphatic carbocycles. The van der Waals surface area contributed by atoms with Crippen LogP contribution < -0.4 is 5.32 Å². The molecule has 2 nitrogen and oxygen atoms in total. The maximum Gasteiger partial charge on any atom is 0.194 e. The van der Waals surface area contributed by atoms with Gasteiger partial charge in [0.1, 0.15) is 0 Å². The zero-order valence-corrected chi connectivity index (χ0v) is 11.9. The molecule has 1 aromatic rings. The lowest BCUT2D eigenvalue weighted by molar-refractivity contribution is 0.119. The van der Waals surface area contributed by atoms with Crippen molar-refractivity contribution in [3.8, 4) is 0 Å². The highest BCUT2D eigenvalue weighted by Gasteiger charge is 2.31. The number of nitrogens with zero attached hydrogens (tertiary/aromatic N) is 1. The Balaban J connectivity index is 2.30. The van der Waals surface area contributed by atoms with E-state index in [4.69, 9.17) is 0 Å².